The van der Waals surface area contributed by atoms with E-state index in [9.17, 15) is 5.11 Å². The highest BCUT2D eigenvalue weighted by atomic mass is 16.3. The summed E-state index contributed by atoms with van der Waals surface area (Å²) in [5, 5.41) is 9.49. The molecule has 2 rings (SSSR count). The Morgan fingerprint density at radius 3 is 2.80 bits per heavy atom. The first-order chi connectivity index (χ1) is 7.31. The number of aromatic amines is 1. The fraction of sp³-hybridized carbons (Fsp3) is 0.667. The summed E-state index contributed by atoms with van der Waals surface area (Å²) in [6.07, 6.45) is 6.35. The van der Waals surface area contributed by atoms with Crippen molar-refractivity contribution in [2.24, 2.45) is 5.92 Å². The number of H-pyrrole nitrogens is 1. The van der Waals surface area contributed by atoms with E-state index in [4.69, 9.17) is 0 Å². The van der Waals surface area contributed by atoms with E-state index in [1.807, 2.05) is 12.4 Å². The van der Waals surface area contributed by atoms with Crippen LogP contribution in [0.2, 0.25) is 0 Å². The molecular formula is C12H20N2O. The van der Waals surface area contributed by atoms with Crippen molar-refractivity contribution in [1.29, 1.82) is 0 Å². The summed E-state index contributed by atoms with van der Waals surface area (Å²) < 4.78 is 0. The Morgan fingerprint density at radius 1 is 1.53 bits per heavy atom. The molecule has 1 aromatic rings. The number of hydrogen-bond donors (Lipinski definition) is 2. The number of hydrogen-bond acceptors (Lipinski definition) is 2. The largest absolute Gasteiger partial charge is 0.396 e. The Balaban J connectivity index is 2.01. The van der Waals surface area contributed by atoms with Crippen molar-refractivity contribution in [2.45, 2.75) is 18.8 Å². The quantitative estimate of drug-likeness (QED) is 0.789. The predicted octanol–water partition coefficient (Wildman–Crippen LogP) is 1.43. The van der Waals surface area contributed by atoms with E-state index in [1.54, 1.807) is 0 Å². The van der Waals surface area contributed by atoms with Crippen LogP contribution in [0.4, 0.5) is 0 Å². The van der Waals surface area contributed by atoms with E-state index in [0.717, 1.165) is 13.1 Å². The lowest BCUT2D eigenvalue weighted by molar-refractivity contribution is 0.156. The zero-order chi connectivity index (χ0) is 10.7. The van der Waals surface area contributed by atoms with Gasteiger partial charge in [-0.2, -0.15) is 0 Å². The fourth-order valence-corrected chi connectivity index (χ4v) is 2.52. The normalized spacial score (nSPS) is 21.7. The molecule has 1 fully saturated rings. The number of piperidine rings is 1. The van der Waals surface area contributed by atoms with Gasteiger partial charge in [0.2, 0.25) is 0 Å². The Morgan fingerprint density at radius 2 is 2.27 bits per heavy atom. The van der Waals surface area contributed by atoms with E-state index in [1.165, 1.54) is 18.4 Å². The SMILES string of the molecule is CN1CCC(C(CO)c2cc[nH]c2)CC1. The molecule has 2 N–H and O–H groups in total. The minimum absolute atomic E-state index is 0.270. The average Bonchev–Trinajstić information content (AvgIpc) is 2.75. The molecule has 1 aliphatic heterocycles. The maximum absolute atomic E-state index is 9.49. The van der Waals surface area contributed by atoms with Gasteiger partial charge in [-0.15, -0.1) is 0 Å². The van der Waals surface area contributed by atoms with Crippen molar-refractivity contribution in [1.82, 2.24) is 9.88 Å². The number of nitrogens with one attached hydrogen (secondary N) is 1. The van der Waals surface area contributed by atoms with E-state index in [0.29, 0.717) is 11.8 Å². The summed E-state index contributed by atoms with van der Waals surface area (Å²) in [5.41, 5.74) is 1.26. The molecule has 0 amide bonds. The maximum Gasteiger partial charge on any atom is 0.0502 e. The monoisotopic (exact) mass is 208 g/mol. The molecular weight excluding hydrogens is 188 g/mol. The van der Waals surface area contributed by atoms with E-state index in [2.05, 4.69) is 23.0 Å². The van der Waals surface area contributed by atoms with Gasteiger partial charge in [0.1, 0.15) is 0 Å². The number of likely N-dealkylation sites (tertiary alicyclic amines) is 1. The van der Waals surface area contributed by atoms with Gasteiger partial charge in [-0.1, -0.05) is 0 Å². The highest BCUT2D eigenvalue weighted by Crippen LogP contribution is 2.31. The van der Waals surface area contributed by atoms with Gasteiger partial charge in [-0.05, 0) is 50.5 Å². The molecule has 0 aliphatic carbocycles. The number of rotatable bonds is 3. The zero-order valence-electron chi connectivity index (χ0n) is 9.32. The van der Waals surface area contributed by atoms with Gasteiger partial charge in [0.05, 0.1) is 6.61 Å². The lowest BCUT2D eigenvalue weighted by Crippen LogP contribution is -2.33. The van der Waals surface area contributed by atoms with Crippen LogP contribution in [0.3, 0.4) is 0 Å². The number of aliphatic hydroxyl groups excluding tert-OH is 1. The molecule has 0 radical (unpaired) electrons. The predicted molar refractivity (Wildman–Crippen MR) is 60.8 cm³/mol. The van der Waals surface area contributed by atoms with Crippen LogP contribution < -0.4 is 0 Å². The van der Waals surface area contributed by atoms with Crippen molar-refractivity contribution in [2.75, 3.05) is 26.7 Å². The third kappa shape index (κ3) is 2.41. The van der Waals surface area contributed by atoms with Crippen molar-refractivity contribution in [3.05, 3.63) is 24.0 Å². The summed E-state index contributed by atoms with van der Waals surface area (Å²) >= 11 is 0. The van der Waals surface area contributed by atoms with Gasteiger partial charge in [0.15, 0.2) is 0 Å². The Labute approximate surface area is 91.1 Å². The molecule has 15 heavy (non-hydrogen) atoms. The van der Waals surface area contributed by atoms with Crippen LogP contribution in [-0.2, 0) is 0 Å². The zero-order valence-corrected chi connectivity index (χ0v) is 9.32. The molecule has 84 valence electrons. The first-order valence-corrected chi connectivity index (χ1v) is 5.73. The second-order valence-electron chi connectivity index (χ2n) is 4.57. The van der Waals surface area contributed by atoms with Crippen LogP contribution in [0.25, 0.3) is 0 Å². The minimum Gasteiger partial charge on any atom is -0.396 e. The van der Waals surface area contributed by atoms with Crippen molar-refractivity contribution < 1.29 is 5.11 Å². The second-order valence-corrected chi connectivity index (χ2v) is 4.57. The minimum atomic E-state index is 0.270. The molecule has 1 saturated heterocycles. The van der Waals surface area contributed by atoms with Gasteiger partial charge in [0.25, 0.3) is 0 Å². The van der Waals surface area contributed by atoms with Crippen LogP contribution in [0.15, 0.2) is 18.5 Å². The molecule has 3 heteroatoms. The molecule has 1 unspecified atom stereocenters. The van der Waals surface area contributed by atoms with Crippen LogP contribution >= 0.6 is 0 Å². The summed E-state index contributed by atoms with van der Waals surface area (Å²) in [5.74, 6) is 0.965. The summed E-state index contributed by atoms with van der Waals surface area (Å²) in [6, 6.07) is 2.08. The lowest BCUT2D eigenvalue weighted by atomic mass is 9.81. The molecule has 1 atom stereocenters. The number of aliphatic hydroxyl groups is 1. The van der Waals surface area contributed by atoms with Gasteiger partial charge in [-0.3, -0.25) is 0 Å². The highest BCUT2D eigenvalue weighted by molar-refractivity contribution is 5.16. The molecule has 0 aromatic carbocycles. The van der Waals surface area contributed by atoms with Crippen LogP contribution in [0, 0.1) is 5.92 Å². The number of nitrogens with zero attached hydrogens (tertiary/aromatic N) is 1. The van der Waals surface area contributed by atoms with Gasteiger partial charge in [0, 0.05) is 18.3 Å². The Bertz CT molecular complexity index is 276. The first kappa shape index (κ1) is 10.7. The van der Waals surface area contributed by atoms with Gasteiger partial charge in [-0.25, -0.2) is 0 Å². The molecule has 3 nitrogen and oxygen atoms in total. The van der Waals surface area contributed by atoms with E-state index < -0.39 is 0 Å². The van der Waals surface area contributed by atoms with Crippen LogP contribution in [-0.4, -0.2) is 41.7 Å². The summed E-state index contributed by atoms with van der Waals surface area (Å²) in [4.78, 5) is 5.43. The van der Waals surface area contributed by atoms with Gasteiger partial charge < -0.3 is 15.0 Å². The molecule has 1 aliphatic rings. The van der Waals surface area contributed by atoms with Crippen LogP contribution in [0.5, 0.6) is 0 Å². The summed E-state index contributed by atoms with van der Waals surface area (Å²) in [6.45, 7) is 2.59. The highest BCUT2D eigenvalue weighted by Gasteiger charge is 2.26. The lowest BCUT2D eigenvalue weighted by Gasteiger charge is -2.33. The summed E-state index contributed by atoms with van der Waals surface area (Å²) in [7, 11) is 2.17. The third-order valence-electron chi connectivity index (χ3n) is 3.58. The molecule has 0 bridgehead atoms. The second kappa shape index (κ2) is 4.81. The van der Waals surface area contributed by atoms with Crippen LogP contribution in [0.1, 0.15) is 24.3 Å². The smallest absolute Gasteiger partial charge is 0.0502 e. The molecule has 0 saturated carbocycles. The Hall–Kier alpha value is -0.800. The van der Waals surface area contributed by atoms with Gasteiger partial charge >= 0.3 is 0 Å². The third-order valence-corrected chi connectivity index (χ3v) is 3.58. The van der Waals surface area contributed by atoms with Crippen molar-refractivity contribution >= 4 is 0 Å². The standard InChI is InChI=1S/C12H20N2O/c1-14-6-3-10(4-7-14)12(9-15)11-2-5-13-8-11/h2,5,8,10,12-13,15H,3-4,6-7,9H2,1H3. The van der Waals surface area contributed by atoms with Crippen molar-refractivity contribution in [3.63, 3.8) is 0 Å². The molecule has 0 spiro atoms. The van der Waals surface area contributed by atoms with E-state index >= 15 is 0 Å². The maximum atomic E-state index is 9.49. The fourth-order valence-electron chi connectivity index (χ4n) is 2.52. The molecule has 1 aromatic heterocycles. The topological polar surface area (TPSA) is 39.3 Å². The number of aromatic nitrogens is 1. The average molecular weight is 208 g/mol. The first-order valence-electron chi connectivity index (χ1n) is 5.73. The van der Waals surface area contributed by atoms with E-state index in [-0.39, 0.29) is 6.61 Å². The Kier molecular flexibility index (Phi) is 3.44. The van der Waals surface area contributed by atoms with Crippen molar-refractivity contribution in [3.8, 4) is 0 Å². The molecule has 2 heterocycles.